The summed E-state index contributed by atoms with van der Waals surface area (Å²) in [7, 11) is 0. The van der Waals surface area contributed by atoms with Crippen LogP contribution in [0.1, 0.15) is 32.5 Å². The van der Waals surface area contributed by atoms with Crippen LogP contribution in [-0.4, -0.2) is 22.8 Å². The molecule has 0 saturated carbocycles. The third-order valence-corrected chi connectivity index (χ3v) is 2.57. The minimum Gasteiger partial charge on any atom is -0.380 e. The zero-order chi connectivity index (χ0) is 11.3. The third-order valence-electron chi connectivity index (χ3n) is 2.57. The van der Waals surface area contributed by atoms with Crippen LogP contribution >= 0.6 is 0 Å². The molecule has 0 aliphatic carbocycles. The van der Waals surface area contributed by atoms with Crippen LogP contribution in [0, 0.1) is 5.92 Å². The molecule has 1 rings (SSSR count). The summed E-state index contributed by atoms with van der Waals surface area (Å²) in [5.74, 6) is 0.510. The summed E-state index contributed by atoms with van der Waals surface area (Å²) in [6.45, 7) is 8.37. The van der Waals surface area contributed by atoms with E-state index >= 15 is 0 Å². The lowest BCUT2D eigenvalue weighted by molar-refractivity contribution is 0.0954. The summed E-state index contributed by atoms with van der Waals surface area (Å²) in [4.78, 5) is 4.13. The molecule has 1 atom stereocenters. The van der Waals surface area contributed by atoms with Gasteiger partial charge in [-0.15, -0.1) is 0 Å². The second-order valence-corrected chi connectivity index (χ2v) is 3.97. The molecule has 2 N–H and O–H groups in total. The highest BCUT2D eigenvalue weighted by molar-refractivity contribution is 5.00. The second-order valence-electron chi connectivity index (χ2n) is 3.97. The average Bonchev–Trinajstić information content (AvgIpc) is 2.66. The molecule has 1 heterocycles. The Bertz CT molecular complexity index is 283. The van der Waals surface area contributed by atoms with Crippen LogP contribution in [0.4, 0.5) is 0 Å². The summed E-state index contributed by atoms with van der Waals surface area (Å²) in [6.07, 6.45) is 3.66. The molecule has 4 heteroatoms. The number of rotatable bonds is 6. The number of aromatic nitrogens is 2. The van der Waals surface area contributed by atoms with Crippen molar-refractivity contribution in [2.75, 3.05) is 13.2 Å². The standard InChI is InChI=1S/C11H21N3O/c1-4-15-7-11(9(2)3)14-8-13-6-10(14)5-12/h6,8-9,11H,4-5,7,12H2,1-3H3. The molecule has 0 spiro atoms. The predicted octanol–water partition coefficient (Wildman–Crippen LogP) is 1.58. The SMILES string of the molecule is CCOCC(C(C)C)n1cncc1CN. The van der Waals surface area contributed by atoms with Crippen molar-refractivity contribution in [3.05, 3.63) is 18.2 Å². The maximum absolute atomic E-state index is 5.66. The first-order valence-electron chi connectivity index (χ1n) is 5.49. The number of hydrogen-bond acceptors (Lipinski definition) is 3. The summed E-state index contributed by atoms with van der Waals surface area (Å²) >= 11 is 0. The minimum atomic E-state index is 0.325. The highest BCUT2D eigenvalue weighted by atomic mass is 16.5. The molecule has 15 heavy (non-hydrogen) atoms. The molecule has 1 unspecified atom stereocenters. The zero-order valence-electron chi connectivity index (χ0n) is 9.81. The molecular formula is C11H21N3O. The van der Waals surface area contributed by atoms with E-state index in [1.165, 1.54) is 0 Å². The molecule has 0 aliphatic heterocycles. The van der Waals surface area contributed by atoms with Gasteiger partial charge in [-0.05, 0) is 12.8 Å². The fourth-order valence-corrected chi connectivity index (χ4v) is 1.62. The van der Waals surface area contributed by atoms with Gasteiger partial charge in [-0.1, -0.05) is 13.8 Å². The van der Waals surface area contributed by atoms with Crippen LogP contribution in [0.5, 0.6) is 0 Å². The number of nitrogens with two attached hydrogens (primary N) is 1. The molecule has 0 amide bonds. The number of imidazole rings is 1. The van der Waals surface area contributed by atoms with Crippen molar-refractivity contribution in [1.82, 2.24) is 9.55 Å². The zero-order valence-corrected chi connectivity index (χ0v) is 9.81. The minimum absolute atomic E-state index is 0.325. The van der Waals surface area contributed by atoms with Gasteiger partial charge in [0, 0.05) is 19.3 Å². The molecular weight excluding hydrogens is 190 g/mol. The number of hydrogen-bond donors (Lipinski definition) is 1. The fourth-order valence-electron chi connectivity index (χ4n) is 1.62. The van der Waals surface area contributed by atoms with Crippen molar-refractivity contribution < 1.29 is 4.74 Å². The topological polar surface area (TPSA) is 53.1 Å². The summed E-state index contributed by atoms with van der Waals surface area (Å²) in [6, 6.07) is 0.325. The first-order chi connectivity index (χ1) is 7.20. The fraction of sp³-hybridized carbons (Fsp3) is 0.727. The maximum Gasteiger partial charge on any atom is 0.0952 e. The van der Waals surface area contributed by atoms with E-state index in [0.29, 0.717) is 18.5 Å². The quantitative estimate of drug-likeness (QED) is 0.777. The van der Waals surface area contributed by atoms with Gasteiger partial charge in [0.25, 0.3) is 0 Å². The lowest BCUT2D eigenvalue weighted by Crippen LogP contribution is -2.23. The van der Waals surface area contributed by atoms with Crippen LogP contribution < -0.4 is 5.73 Å². The Balaban J connectivity index is 2.78. The molecule has 0 bridgehead atoms. The van der Waals surface area contributed by atoms with Crippen molar-refractivity contribution >= 4 is 0 Å². The first-order valence-corrected chi connectivity index (χ1v) is 5.49. The van der Waals surface area contributed by atoms with Crippen LogP contribution in [-0.2, 0) is 11.3 Å². The highest BCUT2D eigenvalue weighted by Crippen LogP contribution is 2.19. The molecule has 0 radical (unpaired) electrons. The van der Waals surface area contributed by atoms with E-state index in [2.05, 4.69) is 23.4 Å². The van der Waals surface area contributed by atoms with E-state index in [9.17, 15) is 0 Å². The molecule has 0 aliphatic rings. The van der Waals surface area contributed by atoms with Gasteiger partial charge in [-0.3, -0.25) is 0 Å². The Hall–Kier alpha value is -0.870. The molecule has 4 nitrogen and oxygen atoms in total. The molecule has 86 valence electrons. The van der Waals surface area contributed by atoms with Gasteiger partial charge in [-0.2, -0.15) is 0 Å². The smallest absolute Gasteiger partial charge is 0.0952 e. The van der Waals surface area contributed by atoms with Crippen LogP contribution in [0.2, 0.25) is 0 Å². The third kappa shape index (κ3) is 3.04. The van der Waals surface area contributed by atoms with Crippen molar-refractivity contribution in [3.63, 3.8) is 0 Å². The van der Waals surface area contributed by atoms with Crippen LogP contribution in [0.25, 0.3) is 0 Å². The second kappa shape index (κ2) is 5.88. The van der Waals surface area contributed by atoms with Crippen molar-refractivity contribution in [2.24, 2.45) is 11.7 Å². The van der Waals surface area contributed by atoms with Gasteiger partial charge >= 0.3 is 0 Å². The Morgan fingerprint density at radius 2 is 2.27 bits per heavy atom. The lowest BCUT2D eigenvalue weighted by atomic mass is 10.1. The molecule has 0 aromatic carbocycles. The van der Waals surface area contributed by atoms with E-state index in [4.69, 9.17) is 10.5 Å². The monoisotopic (exact) mass is 211 g/mol. The summed E-state index contributed by atoms with van der Waals surface area (Å²) in [5.41, 5.74) is 6.72. The highest BCUT2D eigenvalue weighted by Gasteiger charge is 2.17. The van der Waals surface area contributed by atoms with Gasteiger partial charge in [0.15, 0.2) is 0 Å². The number of ether oxygens (including phenoxy) is 1. The summed E-state index contributed by atoms with van der Waals surface area (Å²) < 4.78 is 7.62. The first kappa shape index (κ1) is 12.2. The van der Waals surface area contributed by atoms with Gasteiger partial charge in [0.2, 0.25) is 0 Å². The Kier molecular flexibility index (Phi) is 4.78. The van der Waals surface area contributed by atoms with Gasteiger partial charge in [0.1, 0.15) is 0 Å². The van der Waals surface area contributed by atoms with Crippen molar-refractivity contribution in [2.45, 2.75) is 33.4 Å². The van der Waals surface area contributed by atoms with Gasteiger partial charge in [-0.25, -0.2) is 4.98 Å². The molecule has 1 aromatic rings. The largest absolute Gasteiger partial charge is 0.380 e. The summed E-state index contributed by atoms with van der Waals surface area (Å²) in [5, 5.41) is 0. The molecule has 0 saturated heterocycles. The van der Waals surface area contributed by atoms with Crippen LogP contribution in [0.15, 0.2) is 12.5 Å². The normalized spacial score (nSPS) is 13.4. The maximum atomic E-state index is 5.66. The van der Waals surface area contributed by atoms with E-state index < -0.39 is 0 Å². The Labute approximate surface area is 91.4 Å². The van der Waals surface area contributed by atoms with E-state index in [1.807, 2.05) is 19.4 Å². The van der Waals surface area contributed by atoms with E-state index in [-0.39, 0.29) is 0 Å². The molecule has 0 fully saturated rings. The number of nitrogens with zero attached hydrogens (tertiary/aromatic N) is 2. The Morgan fingerprint density at radius 1 is 1.53 bits per heavy atom. The van der Waals surface area contributed by atoms with Gasteiger partial charge < -0.3 is 15.0 Å². The lowest BCUT2D eigenvalue weighted by Gasteiger charge is -2.24. The Morgan fingerprint density at radius 3 is 2.80 bits per heavy atom. The van der Waals surface area contributed by atoms with Crippen molar-refractivity contribution in [3.8, 4) is 0 Å². The van der Waals surface area contributed by atoms with E-state index in [1.54, 1.807) is 0 Å². The van der Waals surface area contributed by atoms with Gasteiger partial charge in [0.05, 0.1) is 24.7 Å². The predicted molar refractivity (Wildman–Crippen MR) is 60.5 cm³/mol. The average molecular weight is 211 g/mol. The van der Waals surface area contributed by atoms with Crippen molar-refractivity contribution in [1.29, 1.82) is 0 Å². The van der Waals surface area contributed by atoms with E-state index in [0.717, 1.165) is 18.9 Å². The van der Waals surface area contributed by atoms with Crippen LogP contribution in [0.3, 0.4) is 0 Å². The molecule has 1 aromatic heterocycles.